The number of nitrogens with two attached hydrogens (primary N) is 1. The van der Waals surface area contributed by atoms with Gasteiger partial charge in [0, 0.05) is 6.54 Å². The molecule has 4 nitrogen and oxygen atoms in total. The van der Waals surface area contributed by atoms with E-state index >= 15 is 0 Å². The molecule has 1 aromatic carbocycles. The third kappa shape index (κ3) is 4.83. The van der Waals surface area contributed by atoms with Crippen molar-refractivity contribution in [2.45, 2.75) is 46.3 Å². The summed E-state index contributed by atoms with van der Waals surface area (Å²) in [5.74, 6) is 0.0566. The number of aliphatic hydroxyl groups is 1. The molecule has 0 saturated carbocycles. The molecule has 0 saturated heterocycles. The van der Waals surface area contributed by atoms with Crippen molar-refractivity contribution in [2.75, 3.05) is 13.1 Å². The van der Waals surface area contributed by atoms with E-state index in [0.717, 1.165) is 17.5 Å². The van der Waals surface area contributed by atoms with Gasteiger partial charge in [-0.3, -0.25) is 4.79 Å². The lowest BCUT2D eigenvalue weighted by Gasteiger charge is -2.29. The van der Waals surface area contributed by atoms with E-state index in [1.54, 1.807) is 4.90 Å². The number of rotatable bonds is 7. The number of hydrogen-bond acceptors (Lipinski definition) is 3. The number of likely N-dealkylation sites (N-methyl/N-ethyl adjacent to an activating group) is 1. The summed E-state index contributed by atoms with van der Waals surface area (Å²) in [7, 11) is 0. The van der Waals surface area contributed by atoms with Crippen molar-refractivity contribution < 1.29 is 9.90 Å². The van der Waals surface area contributed by atoms with Crippen molar-refractivity contribution in [2.24, 2.45) is 11.7 Å². The van der Waals surface area contributed by atoms with E-state index in [9.17, 15) is 9.90 Å². The summed E-state index contributed by atoms with van der Waals surface area (Å²) < 4.78 is 0. The Kier molecular flexibility index (Phi) is 6.85. The minimum atomic E-state index is -0.682. The van der Waals surface area contributed by atoms with Crippen molar-refractivity contribution in [1.29, 1.82) is 0 Å². The highest BCUT2D eigenvalue weighted by Crippen LogP contribution is 2.16. The molecular weight excluding hydrogens is 264 g/mol. The van der Waals surface area contributed by atoms with Crippen LogP contribution in [-0.4, -0.2) is 35.0 Å². The summed E-state index contributed by atoms with van der Waals surface area (Å²) in [4.78, 5) is 14.0. The van der Waals surface area contributed by atoms with Gasteiger partial charge in [0.05, 0.1) is 18.7 Å². The van der Waals surface area contributed by atoms with Gasteiger partial charge in [0.1, 0.15) is 0 Å². The highest BCUT2D eigenvalue weighted by Gasteiger charge is 2.25. The predicted octanol–water partition coefficient (Wildman–Crippen LogP) is 2.25. The van der Waals surface area contributed by atoms with Crippen LogP contribution in [0.4, 0.5) is 0 Å². The Morgan fingerprint density at radius 1 is 1.29 bits per heavy atom. The Morgan fingerprint density at radius 3 is 2.33 bits per heavy atom. The number of nitrogens with zero attached hydrogens (tertiary/aromatic N) is 1. The maximum absolute atomic E-state index is 12.4. The third-order valence-electron chi connectivity index (χ3n) is 4.09. The lowest BCUT2D eigenvalue weighted by molar-refractivity contribution is -0.135. The van der Waals surface area contributed by atoms with Gasteiger partial charge >= 0.3 is 0 Å². The zero-order valence-corrected chi connectivity index (χ0v) is 13.5. The van der Waals surface area contributed by atoms with Gasteiger partial charge < -0.3 is 15.7 Å². The number of carbonyl (C=O) groups excluding carboxylic acids is 1. The molecule has 0 aliphatic carbocycles. The topological polar surface area (TPSA) is 66.6 Å². The molecule has 2 unspecified atom stereocenters. The predicted molar refractivity (Wildman–Crippen MR) is 85.8 cm³/mol. The molecule has 21 heavy (non-hydrogen) atoms. The lowest BCUT2D eigenvalue weighted by Crippen LogP contribution is -2.48. The van der Waals surface area contributed by atoms with Crippen LogP contribution in [0.1, 0.15) is 44.4 Å². The van der Waals surface area contributed by atoms with Crippen LogP contribution in [0.3, 0.4) is 0 Å². The van der Waals surface area contributed by atoms with E-state index in [2.05, 4.69) is 0 Å². The van der Waals surface area contributed by atoms with Crippen LogP contribution in [-0.2, 0) is 4.79 Å². The largest absolute Gasteiger partial charge is 0.387 e. The maximum atomic E-state index is 12.4. The highest BCUT2D eigenvalue weighted by atomic mass is 16.3. The molecule has 0 spiro atoms. The average Bonchev–Trinajstić information content (AvgIpc) is 2.50. The third-order valence-corrected chi connectivity index (χ3v) is 4.09. The number of benzene rings is 1. The molecule has 0 radical (unpaired) electrons. The van der Waals surface area contributed by atoms with Gasteiger partial charge in [-0.25, -0.2) is 0 Å². The SMILES string of the molecule is CCC(C)[C@H](N)C(=O)N(CC)CC(O)c1ccc(C)cc1. The summed E-state index contributed by atoms with van der Waals surface area (Å²) >= 11 is 0. The van der Waals surface area contributed by atoms with Crippen molar-refractivity contribution in [1.82, 2.24) is 4.90 Å². The lowest BCUT2D eigenvalue weighted by atomic mass is 9.98. The second-order valence-corrected chi connectivity index (χ2v) is 5.71. The summed E-state index contributed by atoms with van der Waals surface area (Å²) in [6.07, 6.45) is 0.184. The maximum Gasteiger partial charge on any atom is 0.239 e. The van der Waals surface area contributed by atoms with Gasteiger partial charge in [-0.15, -0.1) is 0 Å². The Hall–Kier alpha value is -1.39. The molecule has 118 valence electrons. The van der Waals surface area contributed by atoms with Crippen LogP contribution in [0.2, 0.25) is 0 Å². The minimum absolute atomic E-state index is 0.0852. The number of hydrogen-bond donors (Lipinski definition) is 2. The Bertz CT molecular complexity index is 445. The van der Waals surface area contributed by atoms with E-state index in [-0.39, 0.29) is 18.4 Å². The second kappa shape index (κ2) is 8.15. The van der Waals surface area contributed by atoms with E-state index in [0.29, 0.717) is 6.54 Å². The Labute approximate surface area is 128 Å². The molecule has 0 aliphatic rings. The number of carbonyl (C=O) groups is 1. The van der Waals surface area contributed by atoms with Gasteiger partial charge in [0.15, 0.2) is 0 Å². The summed E-state index contributed by atoms with van der Waals surface area (Å²) in [6.45, 7) is 8.74. The summed E-state index contributed by atoms with van der Waals surface area (Å²) in [6, 6.07) is 7.21. The van der Waals surface area contributed by atoms with Crippen molar-refractivity contribution >= 4 is 5.91 Å². The zero-order chi connectivity index (χ0) is 16.0. The van der Waals surface area contributed by atoms with Crippen LogP contribution >= 0.6 is 0 Å². The molecule has 4 heteroatoms. The average molecular weight is 292 g/mol. The fourth-order valence-electron chi connectivity index (χ4n) is 2.19. The van der Waals surface area contributed by atoms with Crippen LogP contribution < -0.4 is 5.73 Å². The number of aliphatic hydroxyl groups excluding tert-OH is 1. The first-order valence-electron chi connectivity index (χ1n) is 7.69. The summed E-state index contributed by atoms with van der Waals surface area (Å²) in [5, 5.41) is 10.3. The number of aryl methyl sites for hydroxylation is 1. The highest BCUT2D eigenvalue weighted by molar-refractivity contribution is 5.82. The van der Waals surface area contributed by atoms with E-state index < -0.39 is 12.1 Å². The van der Waals surface area contributed by atoms with Crippen molar-refractivity contribution in [3.8, 4) is 0 Å². The van der Waals surface area contributed by atoms with Gasteiger partial charge in [-0.1, -0.05) is 50.1 Å². The fourth-order valence-corrected chi connectivity index (χ4v) is 2.19. The molecule has 3 atom stereocenters. The molecule has 0 aliphatic heterocycles. The van der Waals surface area contributed by atoms with Crippen LogP contribution in [0.25, 0.3) is 0 Å². The van der Waals surface area contributed by atoms with Crippen LogP contribution in [0.15, 0.2) is 24.3 Å². The van der Waals surface area contributed by atoms with E-state index in [4.69, 9.17) is 5.73 Å². The molecule has 1 amide bonds. The molecule has 0 fully saturated rings. The molecule has 1 rings (SSSR count). The monoisotopic (exact) mass is 292 g/mol. The first kappa shape index (κ1) is 17.7. The minimum Gasteiger partial charge on any atom is -0.387 e. The van der Waals surface area contributed by atoms with Crippen molar-refractivity contribution in [3.63, 3.8) is 0 Å². The quantitative estimate of drug-likeness (QED) is 0.810. The first-order valence-corrected chi connectivity index (χ1v) is 7.69. The molecule has 3 N–H and O–H groups in total. The van der Waals surface area contributed by atoms with Crippen LogP contribution in [0, 0.1) is 12.8 Å². The van der Waals surface area contributed by atoms with Gasteiger partial charge in [0.2, 0.25) is 5.91 Å². The molecule has 1 aromatic rings. The zero-order valence-electron chi connectivity index (χ0n) is 13.5. The molecule has 0 heterocycles. The molecule has 0 aromatic heterocycles. The second-order valence-electron chi connectivity index (χ2n) is 5.71. The number of amides is 1. The van der Waals surface area contributed by atoms with Gasteiger partial charge in [-0.05, 0) is 25.3 Å². The Morgan fingerprint density at radius 2 is 1.86 bits per heavy atom. The fraction of sp³-hybridized carbons (Fsp3) is 0.588. The van der Waals surface area contributed by atoms with Gasteiger partial charge in [0.25, 0.3) is 0 Å². The smallest absolute Gasteiger partial charge is 0.239 e. The standard InChI is InChI=1S/C17H28N2O2/c1-5-13(4)16(18)17(21)19(6-2)11-15(20)14-9-7-12(3)8-10-14/h7-10,13,15-16,20H,5-6,11,18H2,1-4H3/t13?,15?,16-/m0/s1. The van der Waals surface area contributed by atoms with Gasteiger partial charge in [-0.2, -0.15) is 0 Å². The summed E-state index contributed by atoms with van der Waals surface area (Å²) in [5.41, 5.74) is 7.98. The van der Waals surface area contributed by atoms with Crippen LogP contribution in [0.5, 0.6) is 0 Å². The normalized spacial score (nSPS) is 15.3. The molecule has 0 bridgehead atoms. The van der Waals surface area contributed by atoms with Crippen molar-refractivity contribution in [3.05, 3.63) is 35.4 Å². The Balaban J connectivity index is 2.72. The first-order chi connectivity index (χ1) is 9.90. The van der Waals surface area contributed by atoms with E-state index in [1.807, 2.05) is 52.0 Å². The molecular formula is C17H28N2O2. The van der Waals surface area contributed by atoms with E-state index in [1.165, 1.54) is 0 Å².